The predicted molar refractivity (Wildman–Crippen MR) is 272 cm³/mol. The molecule has 0 radical (unpaired) electrons. The molecule has 0 unspecified atom stereocenters. The molecular weight excluding hydrogens is 800 g/mol. The van der Waals surface area contributed by atoms with Crippen molar-refractivity contribution in [1.29, 1.82) is 0 Å². The maximum absolute atomic E-state index is 6.50. The van der Waals surface area contributed by atoms with Crippen molar-refractivity contribution in [2.24, 2.45) is 0 Å². The molecule has 12 aromatic rings. The zero-order valence-corrected chi connectivity index (χ0v) is 36.0. The van der Waals surface area contributed by atoms with Crippen LogP contribution in [0.4, 0.5) is 0 Å². The topological polar surface area (TPSA) is 13.1 Å². The lowest BCUT2D eigenvalue weighted by atomic mass is 9.98. The third kappa shape index (κ3) is 6.76. The zero-order valence-electron chi connectivity index (χ0n) is 34.3. The fraction of sp³-hybridized carbons (Fsp3) is 0. The van der Waals surface area contributed by atoms with E-state index in [4.69, 9.17) is 4.42 Å². The standard InChI is InChI=1S/C60H39OPS/c1-3-12-40(13-4-1)43-28-34-47(35-29-43)62(48-36-30-44(31-37-48)41-14-5-2-6-15-41)49-38-32-45(33-39-49)42-24-26-46(27-25-42)50-17-9-21-55-56-22-11-20-54(60(56)63-59(50)55)53-19-10-18-52-51-16-7-8-23-57(51)61-58(52)53/h1-39H. The van der Waals surface area contributed by atoms with Crippen molar-refractivity contribution in [2.45, 2.75) is 0 Å². The van der Waals surface area contributed by atoms with Gasteiger partial charge in [0.05, 0.1) is 0 Å². The third-order valence-corrected chi connectivity index (χ3v) is 16.1. The first kappa shape index (κ1) is 37.4. The SMILES string of the molecule is c1ccc(-c2ccc(P(c3ccc(-c4ccccc4)cc3)c3ccc(-c4ccc(-c5cccc6c5sc5c(-c7cccc8c7oc7ccccc78)cccc56)cc4)cc3)cc2)cc1. The second-order valence-electron chi connectivity index (χ2n) is 16.0. The molecule has 0 saturated heterocycles. The van der Waals surface area contributed by atoms with E-state index in [-0.39, 0.29) is 0 Å². The van der Waals surface area contributed by atoms with Gasteiger partial charge in [-0.2, -0.15) is 0 Å². The molecule has 2 aromatic heterocycles. The summed E-state index contributed by atoms with van der Waals surface area (Å²) in [7, 11) is -0.787. The van der Waals surface area contributed by atoms with E-state index >= 15 is 0 Å². The molecule has 0 aliphatic rings. The van der Waals surface area contributed by atoms with Crippen molar-refractivity contribution in [2.75, 3.05) is 0 Å². The van der Waals surface area contributed by atoms with Crippen LogP contribution in [0.25, 0.3) is 97.7 Å². The summed E-state index contributed by atoms with van der Waals surface area (Å²) in [5.41, 5.74) is 14.0. The van der Waals surface area contributed by atoms with Crippen LogP contribution in [0, 0.1) is 0 Å². The second-order valence-corrected chi connectivity index (χ2v) is 19.3. The van der Waals surface area contributed by atoms with Gasteiger partial charge in [-0.05, 0) is 74.4 Å². The van der Waals surface area contributed by atoms with E-state index in [0.717, 1.165) is 27.5 Å². The number of para-hydroxylation sites is 2. The van der Waals surface area contributed by atoms with E-state index < -0.39 is 7.92 Å². The molecule has 12 rings (SSSR count). The number of furan rings is 1. The van der Waals surface area contributed by atoms with Crippen LogP contribution < -0.4 is 15.9 Å². The van der Waals surface area contributed by atoms with Gasteiger partial charge in [0, 0.05) is 42.1 Å². The molecule has 0 N–H and O–H groups in total. The molecule has 0 aliphatic carbocycles. The highest BCUT2D eigenvalue weighted by Crippen LogP contribution is 2.46. The van der Waals surface area contributed by atoms with Crippen LogP contribution in [-0.4, -0.2) is 0 Å². The van der Waals surface area contributed by atoms with Crippen LogP contribution in [0.15, 0.2) is 241 Å². The van der Waals surface area contributed by atoms with E-state index in [9.17, 15) is 0 Å². The minimum atomic E-state index is -0.787. The molecule has 0 bridgehead atoms. The first-order valence-corrected chi connectivity index (χ1v) is 23.6. The molecular formula is C60H39OPS. The molecule has 296 valence electrons. The van der Waals surface area contributed by atoms with Gasteiger partial charge in [0.15, 0.2) is 0 Å². The molecule has 2 heterocycles. The van der Waals surface area contributed by atoms with Crippen LogP contribution in [0.5, 0.6) is 0 Å². The molecule has 10 aromatic carbocycles. The largest absolute Gasteiger partial charge is 0.455 e. The van der Waals surface area contributed by atoms with Gasteiger partial charge in [0.2, 0.25) is 0 Å². The van der Waals surface area contributed by atoms with Crippen molar-refractivity contribution in [1.82, 2.24) is 0 Å². The van der Waals surface area contributed by atoms with Crippen molar-refractivity contribution in [3.8, 4) is 55.6 Å². The summed E-state index contributed by atoms with van der Waals surface area (Å²) in [6.45, 7) is 0. The fourth-order valence-electron chi connectivity index (χ4n) is 9.18. The molecule has 0 fully saturated rings. The van der Waals surface area contributed by atoms with Gasteiger partial charge < -0.3 is 4.42 Å². The maximum atomic E-state index is 6.50. The molecule has 1 nitrogen and oxygen atoms in total. The van der Waals surface area contributed by atoms with E-state index in [1.165, 1.54) is 86.2 Å². The van der Waals surface area contributed by atoms with Gasteiger partial charge in [-0.3, -0.25) is 0 Å². The Hall–Kier alpha value is -7.35. The number of fused-ring (bicyclic) bond motifs is 6. The summed E-state index contributed by atoms with van der Waals surface area (Å²) in [6.07, 6.45) is 0. The average Bonchev–Trinajstić information content (AvgIpc) is 3.95. The van der Waals surface area contributed by atoms with Gasteiger partial charge in [-0.1, -0.05) is 231 Å². The molecule has 0 amide bonds. The predicted octanol–water partition coefficient (Wildman–Crippen LogP) is 16.0. The highest BCUT2D eigenvalue weighted by molar-refractivity contribution is 7.79. The number of benzene rings is 10. The van der Waals surface area contributed by atoms with Gasteiger partial charge in [-0.25, -0.2) is 0 Å². The lowest BCUT2D eigenvalue weighted by molar-refractivity contribution is 0.670. The van der Waals surface area contributed by atoms with Crippen LogP contribution in [0.1, 0.15) is 0 Å². The first-order valence-electron chi connectivity index (χ1n) is 21.4. The van der Waals surface area contributed by atoms with Crippen LogP contribution in [0.3, 0.4) is 0 Å². The fourth-order valence-corrected chi connectivity index (χ4v) is 12.8. The molecule has 0 atom stereocenters. The lowest BCUT2D eigenvalue weighted by Gasteiger charge is -2.21. The molecule has 3 heteroatoms. The maximum Gasteiger partial charge on any atom is 0.143 e. The van der Waals surface area contributed by atoms with E-state index in [2.05, 4.69) is 231 Å². The van der Waals surface area contributed by atoms with E-state index in [1.807, 2.05) is 17.4 Å². The van der Waals surface area contributed by atoms with Crippen molar-refractivity contribution in [3.05, 3.63) is 237 Å². The summed E-state index contributed by atoms with van der Waals surface area (Å²) < 4.78 is 9.08. The van der Waals surface area contributed by atoms with Crippen LogP contribution in [0.2, 0.25) is 0 Å². The number of hydrogen-bond acceptors (Lipinski definition) is 2. The van der Waals surface area contributed by atoms with Gasteiger partial charge in [-0.15, -0.1) is 11.3 Å². The minimum absolute atomic E-state index is 0.787. The Labute approximate surface area is 371 Å². The minimum Gasteiger partial charge on any atom is -0.455 e. The smallest absolute Gasteiger partial charge is 0.143 e. The van der Waals surface area contributed by atoms with Crippen LogP contribution >= 0.6 is 19.3 Å². The highest BCUT2D eigenvalue weighted by Gasteiger charge is 2.20. The summed E-state index contributed by atoms with van der Waals surface area (Å²) in [5, 5.41) is 8.87. The summed E-state index contributed by atoms with van der Waals surface area (Å²) in [4.78, 5) is 0. The molecule has 0 aliphatic heterocycles. The first-order chi connectivity index (χ1) is 31.2. The summed E-state index contributed by atoms with van der Waals surface area (Å²) in [5.74, 6) is 0. The second kappa shape index (κ2) is 15.8. The molecule has 63 heavy (non-hydrogen) atoms. The Balaban J connectivity index is 0.870. The van der Waals surface area contributed by atoms with Crippen molar-refractivity contribution in [3.63, 3.8) is 0 Å². The quantitative estimate of drug-likeness (QED) is 0.139. The molecule has 0 saturated carbocycles. The number of hydrogen-bond donors (Lipinski definition) is 0. The summed E-state index contributed by atoms with van der Waals surface area (Å²) >= 11 is 1.88. The Morgan fingerprint density at radius 2 is 0.651 bits per heavy atom. The van der Waals surface area contributed by atoms with Gasteiger partial charge >= 0.3 is 0 Å². The number of thiophene rings is 1. The van der Waals surface area contributed by atoms with E-state index in [0.29, 0.717) is 0 Å². The lowest BCUT2D eigenvalue weighted by Crippen LogP contribution is -2.20. The normalized spacial score (nSPS) is 11.6. The highest BCUT2D eigenvalue weighted by atomic mass is 32.1. The molecule has 0 spiro atoms. The zero-order chi connectivity index (χ0) is 41.7. The van der Waals surface area contributed by atoms with Crippen molar-refractivity contribution >= 4 is 77.3 Å². The van der Waals surface area contributed by atoms with Crippen LogP contribution in [-0.2, 0) is 0 Å². The Bertz CT molecular complexity index is 3490. The van der Waals surface area contributed by atoms with Gasteiger partial charge in [0.25, 0.3) is 0 Å². The number of rotatable bonds is 8. The Kier molecular flexibility index (Phi) is 9.41. The summed E-state index contributed by atoms with van der Waals surface area (Å²) in [6, 6.07) is 86.3. The third-order valence-electron chi connectivity index (χ3n) is 12.3. The average molecular weight is 839 g/mol. The van der Waals surface area contributed by atoms with Gasteiger partial charge in [0.1, 0.15) is 11.2 Å². The van der Waals surface area contributed by atoms with E-state index in [1.54, 1.807) is 0 Å². The Morgan fingerprint density at radius 3 is 1.19 bits per heavy atom. The van der Waals surface area contributed by atoms with Crippen molar-refractivity contribution < 1.29 is 4.42 Å². The monoisotopic (exact) mass is 838 g/mol. The Morgan fingerprint density at radius 1 is 0.270 bits per heavy atom.